The smallest absolute Gasteiger partial charge is 0.242 e. The van der Waals surface area contributed by atoms with Crippen LogP contribution < -0.4 is 14.8 Å². The van der Waals surface area contributed by atoms with Crippen LogP contribution in [0, 0.1) is 0 Å². The molecule has 0 saturated carbocycles. The first-order chi connectivity index (χ1) is 15.5. The zero-order valence-electron chi connectivity index (χ0n) is 19.2. The molecule has 0 aromatic heterocycles. The van der Waals surface area contributed by atoms with Crippen molar-refractivity contribution in [2.24, 2.45) is 0 Å². The molecule has 1 aromatic carbocycles. The van der Waals surface area contributed by atoms with E-state index in [0.29, 0.717) is 19.7 Å². The van der Waals surface area contributed by atoms with E-state index >= 15 is 0 Å². The summed E-state index contributed by atoms with van der Waals surface area (Å²) in [5.74, 6) is 1.68. The Balaban J connectivity index is 0.000000264. The van der Waals surface area contributed by atoms with E-state index < -0.39 is 0 Å². The molecule has 32 heavy (non-hydrogen) atoms. The number of ether oxygens (including phenoxy) is 2. The number of hydrogen-bond acceptors (Lipinski definition) is 5. The van der Waals surface area contributed by atoms with Crippen LogP contribution in [-0.4, -0.2) is 55.1 Å². The molecule has 1 aromatic rings. The maximum atomic E-state index is 12.5. The van der Waals surface area contributed by atoms with E-state index in [1.807, 2.05) is 42.3 Å². The van der Waals surface area contributed by atoms with Gasteiger partial charge in [0.25, 0.3) is 0 Å². The van der Waals surface area contributed by atoms with Crippen molar-refractivity contribution in [3.05, 3.63) is 59.5 Å². The molecule has 0 unspecified atom stereocenters. The van der Waals surface area contributed by atoms with Crippen molar-refractivity contribution in [3.8, 4) is 11.5 Å². The maximum Gasteiger partial charge on any atom is 0.242 e. The number of likely N-dealkylation sites (N-methyl/N-ethyl adjacent to an activating group) is 1. The number of para-hydroxylation sites is 2. The van der Waals surface area contributed by atoms with Gasteiger partial charge in [0.1, 0.15) is 0 Å². The summed E-state index contributed by atoms with van der Waals surface area (Å²) in [6.45, 7) is 5.39. The highest BCUT2D eigenvalue weighted by Gasteiger charge is 2.30. The zero-order chi connectivity index (χ0) is 22.9. The van der Waals surface area contributed by atoms with Crippen LogP contribution in [0.15, 0.2) is 59.5 Å². The van der Waals surface area contributed by atoms with Crippen molar-refractivity contribution >= 4 is 12.3 Å². The highest BCUT2D eigenvalue weighted by molar-refractivity contribution is 5.81. The molecule has 4 rings (SSSR count). The number of rotatable bonds is 3. The van der Waals surface area contributed by atoms with Gasteiger partial charge in [0.2, 0.25) is 19.1 Å². The summed E-state index contributed by atoms with van der Waals surface area (Å²) in [4.78, 5) is 26.4. The summed E-state index contributed by atoms with van der Waals surface area (Å²) in [6.07, 6.45) is 11.3. The standard InChI is InChI=1S/C18H27N3O2.C7H6O2/c1-14-8-6-4-5-7-10-19-18-15(2)21(11-9-16(14)18)17(23)12-20(3)13-22;1-2-4-7-6(3-1)8-5-9-7/h7-8,10,13,15,19H,4-6,9,11-12H2,1-3H3;1-4H,5H2/b10-7+,14-8+;/t15-;/m0./s1. The number of nitrogens with zero attached hydrogens (tertiary/aromatic N) is 2. The fraction of sp³-hybridized carbons (Fsp3) is 0.440. The first-order valence-corrected chi connectivity index (χ1v) is 11.1. The Morgan fingerprint density at radius 2 is 1.97 bits per heavy atom. The highest BCUT2D eigenvalue weighted by Crippen LogP contribution is 2.30. The first kappa shape index (κ1) is 23.4. The summed E-state index contributed by atoms with van der Waals surface area (Å²) in [5, 5.41) is 3.40. The van der Waals surface area contributed by atoms with Gasteiger partial charge in [-0.25, -0.2) is 0 Å². The van der Waals surface area contributed by atoms with Gasteiger partial charge in [0.05, 0.1) is 12.6 Å². The number of benzene rings is 1. The molecule has 3 aliphatic rings. The average molecular weight is 440 g/mol. The normalized spacial score (nSPS) is 22.3. The second-order valence-electron chi connectivity index (χ2n) is 8.14. The molecule has 0 aliphatic carbocycles. The molecule has 3 heterocycles. The lowest BCUT2D eigenvalue weighted by Crippen LogP contribution is -2.49. The van der Waals surface area contributed by atoms with Crippen LogP contribution >= 0.6 is 0 Å². The Hall–Kier alpha value is -3.22. The van der Waals surface area contributed by atoms with Gasteiger partial charge in [0, 0.05) is 19.3 Å². The molecule has 0 spiro atoms. The molecule has 1 atom stereocenters. The van der Waals surface area contributed by atoms with Gasteiger partial charge in [-0.15, -0.1) is 0 Å². The zero-order valence-corrected chi connectivity index (χ0v) is 19.2. The Labute approximate surface area is 190 Å². The van der Waals surface area contributed by atoms with Crippen molar-refractivity contribution in [3.63, 3.8) is 0 Å². The van der Waals surface area contributed by atoms with Gasteiger partial charge in [-0.1, -0.05) is 29.9 Å². The maximum absolute atomic E-state index is 12.5. The first-order valence-electron chi connectivity index (χ1n) is 11.1. The van der Waals surface area contributed by atoms with Crippen LogP contribution in [0.2, 0.25) is 0 Å². The fourth-order valence-electron chi connectivity index (χ4n) is 4.02. The molecule has 1 N–H and O–H groups in total. The van der Waals surface area contributed by atoms with Gasteiger partial charge in [-0.3, -0.25) is 9.59 Å². The Morgan fingerprint density at radius 1 is 1.25 bits per heavy atom. The molecule has 0 radical (unpaired) electrons. The fourth-order valence-corrected chi connectivity index (χ4v) is 4.02. The van der Waals surface area contributed by atoms with Gasteiger partial charge >= 0.3 is 0 Å². The third-order valence-electron chi connectivity index (χ3n) is 5.83. The van der Waals surface area contributed by atoms with Crippen LogP contribution in [0.3, 0.4) is 0 Å². The van der Waals surface area contributed by atoms with E-state index in [-0.39, 0.29) is 18.5 Å². The topological polar surface area (TPSA) is 71.1 Å². The quantitative estimate of drug-likeness (QED) is 0.729. The van der Waals surface area contributed by atoms with Gasteiger partial charge < -0.3 is 24.6 Å². The number of carbonyl (C=O) groups excluding carboxylic acids is 2. The minimum atomic E-state index is -0.0151. The predicted octanol–water partition coefficient (Wildman–Crippen LogP) is 3.60. The SMILES string of the molecule is C/C1=C\CCC/C=C/NC2=C1CCN(C(=O)CN(C)C=O)[C@H]2C.c1ccc2c(c1)OCO2. The lowest BCUT2D eigenvalue weighted by Gasteiger charge is -2.38. The highest BCUT2D eigenvalue weighted by atomic mass is 16.7. The third kappa shape index (κ3) is 5.93. The van der Waals surface area contributed by atoms with E-state index in [1.165, 1.54) is 16.0 Å². The number of hydrogen-bond donors (Lipinski definition) is 1. The van der Waals surface area contributed by atoms with Crippen LogP contribution in [0.4, 0.5) is 0 Å². The van der Waals surface area contributed by atoms with Crippen molar-refractivity contribution in [1.82, 2.24) is 15.1 Å². The Kier molecular flexibility index (Phi) is 8.36. The minimum Gasteiger partial charge on any atom is -0.454 e. The van der Waals surface area contributed by atoms with Crippen LogP contribution in [0.1, 0.15) is 39.5 Å². The summed E-state index contributed by atoms with van der Waals surface area (Å²) in [5.41, 5.74) is 3.73. The van der Waals surface area contributed by atoms with Gasteiger partial charge in [0.15, 0.2) is 11.5 Å². The van der Waals surface area contributed by atoms with Crippen LogP contribution in [0.5, 0.6) is 11.5 Å². The minimum absolute atomic E-state index is 0.0110. The van der Waals surface area contributed by atoms with Crippen molar-refractivity contribution < 1.29 is 19.1 Å². The lowest BCUT2D eigenvalue weighted by molar-refractivity contribution is -0.136. The largest absolute Gasteiger partial charge is 0.454 e. The predicted molar refractivity (Wildman–Crippen MR) is 124 cm³/mol. The van der Waals surface area contributed by atoms with E-state index in [2.05, 4.69) is 24.4 Å². The lowest BCUT2D eigenvalue weighted by atomic mass is 9.92. The molecule has 0 fully saturated rings. The number of nitrogens with one attached hydrogen (secondary N) is 1. The molecule has 172 valence electrons. The molecular formula is C25H33N3O4. The van der Waals surface area contributed by atoms with E-state index in [9.17, 15) is 9.59 Å². The number of fused-ring (bicyclic) bond motifs is 1. The second-order valence-corrected chi connectivity index (χ2v) is 8.14. The van der Waals surface area contributed by atoms with Crippen molar-refractivity contribution in [1.29, 1.82) is 0 Å². The Morgan fingerprint density at radius 3 is 2.66 bits per heavy atom. The molecule has 7 heteroatoms. The van der Waals surface area contributed by atoms with E-state index in [4.69, 9.17) is 9.47 Å². The van der Waals surface area contributed by atoms with Crippen LogP contribution in [-0.2, 0) is 9.59 Å². The molecule has 0 bridgehead atoms. The molecule has 3 aliphatic heterocycles. The summed E-state index contributed by atoms with van der Waals surface area (Å²) >= 11 is 0. The number of amides is 2. The van der Waals surface area contributed by atoms with E-state index in [1.54, 1.807) is 7.05 Å². The Bertz CT molecular complexity index is 883. The summed E-state index contributed by atoms with van der Waals surface area (Å²) < 4.78 is 10.2. The van der Waals surface area contributed by atoms with Gasteiger partial charge in [-0.2, -0.15) is 0 Å². The third-order valence-corrected chi connectivity index (χ3v) is 5.83. The van der Waals surface area contributed by atoms with Crippen LogP contribution in [0.25, 0.3) is 0 Å². The van der Waals surface area contributed by atoms with Gasteiger partial charge in [-0.05, 0) is 63.4 Å². The number of carbonyl (C=O) groups is 2. The summed E-state index contributed by atoms with van der Waals surface area (Å²) in [6, 6.07) is 7.62. The second kappa shape index (κ2) is 11.4. The number of allylic oxidation sites excluding steroid dienone is 3. The van der Waals surface area contributed by atoms with E-state index in [0.717, 1.165) is 42.9 Å². The molecule has 2 amide bonds. The van der Waals surface area contributed by atoms with Crippen molar-refractivity contribution in [2.45, 2.75) is 45.6 Å². The monoisotopic (exact) mass is 439 g/mol. The molecular weight excluding hydrogens is 406 g/mol. The molecule has 7 nitrogen and oxygen atoms in total. The van der Waals surface area contributed by atoms with Crippen molar-refractivity contribution in [2.75, 3.05) is 26.9 Å². The average Bonchev–Trinajstić information content (AvgIpc) is 3.28. The summed E-state index contributed by atoms with van der Waals surface area (Å²) in [7, 11) is 1.63. The molecule has 0 saturated heterocycles.